The maximum atomic E-state index is 13.1. The van der Waals surface area contributed by atoms with Gasteiger partial charge in [-0.05, 0) is 51.2 Å². The number of anilines is 1. The first kappa shape index (κ1) is 27.6. The average Bonchev–Trinajstić information content (AvgIpc) is 3.04. The van der Waals surface area contributed by atoms with E-state index in [-0.39, 0.29) is 24.7 Å². The second-order valence-corrected chi connectivity index (χ2v) is 9.87. The molecule has 1 aliphatic rings. The second-order valence-electron chi connectivity index (χ2n) is 9.87. The van der Waals surface area contributed by atoms with Gasteiger partial charge in [-0.15, -0.1) is 0 Å². The predicted molar refractivity (Wildman–Crippen MR) is 128 cm³/mol. The number of carboxylic acids is 1. The number of carbonyl (C=O) groups is 5. The van der Waals surface area contributed by atoms with E-state index in [1.54, 1.807) is 45.0 Å². The highest BCUT2D eigenvalue weighted by Crippen LogP contribution is 2.35. The predicted octanol–water partition coefficient (Wildman–Crippen LogP) is 1.74. The van der Waals surface area contributed by atoms with E-state index in [4.69, 9.17) is 4.74 Å². The fourth-order valence-electron chi connectivity index (χ4n) is 3.65. The van der Waals surface area contributed by atoms with Gasteiger partial charge in [0.15, 0.2) is 0 Å². The van der Waals surface area contributed by atoms with E-state index in [9.17, 15) is 29.1 Å². The first-order valence-corrected chi connectivity index (χ1v) is 11.5. The minimum atomic E-state index is -1.22. The van der Waals surface area contributed by atoms with Crippen molar-refractivity contribution >= 4 is 35.5 Å². The minimum absolute atomic E-state index is 0.00467. The summed E-state index contributed by atoms with van der Waals surface area (Å²) in [6.07, 6.45) is -0.712. The molecule has 11 heteroatoms. The molecular formula is C24H34N4O7. The number of carboxylic acid groups (broad SMARTS) is 1. The van der Waals surface area contributed by atoms with Crippen molar-refractivity contribution in [3.05, 3.63) is 29.8 Å². The van der Waals surface area contributed by atoms with Gasteiger partial charge in [-0.2, -0.15) is 0 Å². The Balaban J connectivity index is 2.16. The van der Waals surface area contributed by atoms with E-state index < -0.39 is 54.0 Å². The summed E-state index contributed by atoms with van der Waals surface area (Å²) in [6.45, 7) is 8.20. The Bertz CT molecular complexity index is 971. The number of carbonyl (C=O) groups excluding carboxylic acids is 4. The van der Waals surface area contributed by atoms with Crippen LogP contribution in [0.2, 0.25) is 0 Å². The molecule has 192 valence electrons. The van der Waals surface area contributed by atoms with Crippen molar-refractivity contribution in [3.63, 3.8) is 0 Å². The third-order valence-electron chi connectivity index (χ3n) is 5.15. The Hall–Kier alpha value is -3.63. The van der Waals surface area contributed by atoms with Crippen LogP contribution in [0.5, 0.6) is 0 Å². The molecule has 11 nitrogen and oxygen atoms in total. The highest BCUT2D eigenvalue weighted by atomic mass is 16.6. The lowest BCUT2D eigenvalue weighted by Gasteiger charge is -2.24. The Morgan fingerprint density at radius 3 is 2.34 bits per heavy atom. The first-order chi connectivity index (χ1) is 16.3. The molecule has 0 radical (unpaired) electrons. The Labute approximate surface area is 204 Å². The van der Waals surface area contributed by atoms with Gasteiger partial charge in [-0.3, -0.25) is 14.4 Å². The van der Waals surface area contributed by atoms with Gasteiger partial charge in [0.1, 0.15) is 24.2 Å². The highest BCUT2D eigenvalue weighted by molar-refractivity contribution is 6.03. The smallest absolute Gasteiger partial charge is 0.408 e. The molecular weight excluding hydrogens is 456 g/mol. The number of aliphatic carboxylic acids is 1. The normalized spacial score (nSPS) is 16.5. The molecule has 0 aliphatic carbocycles. The van der Waals surface area contributed by atoms with Crippen LogP contribution < -0.4 is 21.3 Å². The summed E-state index contributed by atoms with van der Waals surface area (Å²) in [4.78, 5) is 61.7. The van der Waals surface area contributed by atoms with E-state index in [1.165, 1.54) is 0 Å². The molecule has 0 saturated carbocycles. The van der Waals surface area contributed by atoms with Crippen molar-refractivity contribution in [1.29, 1.82) is 0 Å². The first-order valence-electron chi connectivity index (χ1n) is 11.5. The standard InChI is InChI=1S/C24H34N4O7/c1-13(2)10-18(22(32)33)28-21(31)17(26-19(29)12-25-23(34)35-24(3,4)5)11-15-14-8-6-7-9-16(14)27-20(15)30/h6-9,13,15,17-18H,10-12H2,1-5H3,(H,25,34)(H,26,29)(H,27,30)(H,28,31)(H,32,33)/t15?,17-,18-/m0/s1. The Morgan fingerprint density at radius 1 is 1.09 bits per heavy atom. The topological polar surface area (TPSA) is 163 Å². The van der Waals surface area contributed by atoms with E-state index in [1.807, 2.05) is 13.8 Å². The van der Waals surface area contributed by atoms with Crippen LogP contribution in [0.1, 0.15) is 58.9 Å². The minimum Gasteiger partial charge on any atom is -0.480 e. The van der Waals surface area contributed by atoms with E-state index >= 15 is 0 Å². The molecule has 0 saturated heterocycles. The molecule has 2 rings (SSSR count). The van der Waals surface area contributed by atoms with Crippen molar-refractivity contribution in [2.24, 2.45) is 5.92 Å². The number of fused-ring (bicyclic) bond motifs is 1. The molecule has 1 aliphatic heterocycles. The van der Waals surface area contributed by atoms with Crippen LogP contribution >= 0.6 is 0 Å². The van der Waals surface area contributed by atoms with Crippen LogP contribution in [0.4, 0.5) is 10.5 Å². The number of nitrogens with one attached hydrogen (secondary N) is 4. The molecule has 1 unspecified atom stereocenters. The average molecular weight is 491 g/mol. The fourth-order valence-corrected chi connectivity index (χ4v) is 3.65. The fraction of sp³-hybridized carbons (Fsp3) is 0.542. The highest BCUT2D eigenvalue weighted by Gasteiger charge is 2.36. The van der Waals surface area contributed by atoms with Gasteiger partial charge in [-0.1, -0.05) is 32.0 Å². The molecule has 0 spiro atoms. The molecule has 1 aromatic rings. The molecule has 1 heterocycles. The zero-order valence-corrected chi connectivity index (χ0v) is 20.6. The van der Waals surface area contributed by atoms with Crippen molar-refractivity contribution < 1.29 is 33.8 Å². The SMILES string of the molecule is CC(C)C[C@H](NC(=O)[C@H](CC1C(=O)Nc2ccccc21)NC(=O)CNC(=O)OC(C)(C)C)C(=O)O. The Kier molecular flexibility index (Phi) is 9.21. The number of ether oxygens (including phenoxy) is 1. The summed E-state index contributed by atoms with van der Waals surface area (Å²) < 4.78 is 5.09. The number of alkyl carbamates (subject to hydrolysis) is 1. The van der Waals surface area contributed by atoms with Crippen molar-refractivity contribution in [2.75, 3.05) is 11.9 Å². The van der Waals surface area contributed by atoms with E-state index in [0.29, 0.717) is 11.3 Å². The van der Waals surface area contributed by atoms with Crippen LogP contribution in [0.15, 0.2) is 24.3 Å². The summed E-state index contributed by atoms with van der Waals surface area (Å²) in [6, 6.07) is 4.62. The monoisotopic (exact) mass is 490 g/mol. The molecule has 1 aromatic carbocycles. The van der Waals surface area contributed by atoms with E-state index in [0.717, 1.165) is 0 Å². The summed E-state index contributed by atoms with van der Waals surface area (Å²) in [5.74, 6) is -3.70. The summed E-state index contributed by atoms with van der Waals surface area (Å²) >= 11 is 0. The number of hydrogen-bond donors (Lipinski definition) is 5. The summed E-state index contributed by atoms with van der Waals surface area (Å²) in [5, 5.41) is 19.5. The van der Waals surface area contributed by atoms with Crippen LogP contribution in [0.3, 0.4) is 0 Å². The van der Waals surface area contributed by atoms with E-state index in [2.05, 4.69) is 21.3 Å². The molecule has 0 aromatic heterocycles. The lowest BCUT2D eigenvalue weighted by atomic mass is 9.92. The van der Waals surface area contributed by atoms with Gasteiger partial charge in [0, 0.05) is 5.69 Å². The number of hydrogen-bond acceptors (Lipinski definition) is 6. The van der Waals surface area contributed by atoms with Crippen molar-refractivity contribution in [2.45, 2.75) is 71.1 Å². The van der Waals surface area contributed by atoms with Gasteiger partial charge in [0.2, 0.25) is 17.7 Å². The molecule has 3 atom stereocenters. The van der Waals surface area contributed by atoms with Crippen LogP contribution in [-0.2, 0) is 23.9 Å². The quantitative estimate of drug-likeness (QED) is 0.333. The maximum absolute atomic E-state index is 13.1. The third kappa shape index (κ3) is 8.58. The van der Waals surface area contributed by atoms with Crippen LogP contribution in [0.25, 0.3) is 0 Å². The molecule has 35 heavy (non-hydrogen) atoms. The second kappa shape index (κ2) is 11.7. The van der Waals surface area contributed by atoms with Gasteiger partial charge in [-0.25, -0.2) is 9.59 Å². The Morgan fingerprint density at radius 2 is 1.74 bits per heavy atom. The number of rotatable bonds is 10. The van der Waals surface area contributed by atoms with Crippen molar-refractivity contribution in [3.8, 4) is 0 Å². The van der Waals surface area contributed by atoms with Crippen LogP contribution in [-0.4, -0.2) is 59.1 Å². The zero-order chi connectivity index (χ0) is 26.3. The molecule has 5 N–H and O–H groups in total. The molecule has 0 fully saturated rings. The van der Waals surface area contributed by atoms with Gasteiger partial charge >= 0.3 is 12.1 Å². The van der Waals surface area contributed by atoms with Crippen LogP contribution in [0, 0.1) is 5.92 Å². The summed E-state index contributed by atoms with van der Waals surface area (Å²) in [7, 11) is 0. The number of amides is 4. The number of benzene rings is 1. The van der Waals surface area contributed by atoms with Gasteiger partial charge < -0.3 is 31.1 Å². The number of para-hydroxylation sites is 1. The summed E-state index contributed by atoms with van der Waals surface area (Å²) in [5.41, 5.74) is 0.533. The largest absolute Gasteiger partial charge is 0.480 e. The van der Waals surface area contributed by atoms with Gasteiger partial charge in [0.05, 0.1) is 5.92 Å². The lowest BCUT2D eigenvalue weighted by Crippen LogP contribution is -2.54. The third-order valence-corrected chi connectivity index (χ3v) is 5.15. The van der Waals surface area contributed by atoms with Crippen molar-refractivity contribution in [1.82, 2.24) is 16.0 Å². The molecule has 4 amide bonds. The maximum Gasteiger partial charge on any atom is 0.408 e. The molecule has 0 bridgehead atoms. The lowest BCUT2D eigenvalue weighted by molar-refractivity contribution is -0.142. The zero-order valence-electron chi connectivity index (χ0n) is 20.6. The van der Waals surface area contributed by atoms with Gasteiger partial charge in [0.25, 0.3) is 0 Å².